The molecule has 1 N–H and O–H groups in total. The van der Waals surface area contributed by atoms with Crippen LogP contribution in [0.4, 0.5) is 0 Å². The third-order valence-electron chi connectivity index (χ3n) is 3.05. The summed E-state index contributed by atoms with van der Waals surface area (Å²) >= 11 is 6.22. The van der Waals surface area contributed by atoms with E-state index in [0.717, 1.165) is 17.3 Å². The molecule has 0 fully saturated rings. The van der Waals surface area contributed by atoms with Crippen LogP contribution in [0.3, 0.4) is 0 Å². The van der Waals surface area contributed by atoms with Crippen LogP contribution in [-0.4, -0.2) is 16.8 Å². The van der Waals surface area contributed by atoms with Gasteiger partial charge in [-0.3, -0.25) is 4.68 Å². The van der Waals surface area contributed by atoms with E-state index >= 15 is 0 Å². The fourth-order valence-electron chi connectivity index (χ4n) is 2.25. The highest BCUT2D eigenvalue weighted by Crippen LogP contribution is 2.30. The van der Waals surface area contributed by atoms with Crippen LogP contribution in [0.15, 0.2) is 6.20 Å². The molecule has 0 aromatic carbocycles. The Balaban J connectivity index is 2.97. The number of nitrogens with zero attached hydrogens (tertiary/aromatic N) is 2. The molecule has 0 saturated heterocycles. The largest absolute Gasteiger partial charge is 0.311 e. The first-order valence-corrected chi connectivity index (χ1v) is 6.41. The van der Waals surface area contributed by atoms with Gasteiger partial charge in [0.2, 0.25) is 0 Å². The summed E-state index contributed by atoms with van der Waals surface area (Å²) in [6.45, 7) is 7.42. The van der Waals surface area contributed by atoms with Gasteiger partial charge in [-0.25, -0.2) is 0 Å². The van der Waals surface area contributed by atoms with E-state index < -0.39 is 0 Å². The topological polar surface area (TPSA) is 29.9 Å². The quantitative estimate of drug-likeness (QED) is 0.831. The van der Waals surface area contributed by atoms with Crippen molar-refractivity contribution in [3.05, 3.63) is 16.9 Å². The van der Waals surface area contributed by atoms with Crippen molar-refractivity contribution >= 4 is 11.6 Å². The number of aromatic nitrogens is 2. The Bertz CT molecular complexity index is 322. The molecule has 0 amide bonds. The van der Waals surface area contributed by atoms with E-state index in [-0.39, 0.29) is 6.04 Å². The van der Waals surface area contributed by atoms with Gasteiger partial charge < -0.3 is 5.32 Å². The maximum Gasteiger partial charge on any atom is 0.0834 e. The number of hydrogen-bond acceptors (Lipinski definition) is 2. The lowest BCUT2D eigenvalue weighted by Gasteiger charge is -2.24. The second kappa shape index (κ2) is 6.26. The summed E-state index contributed by atoms with van der Waals surface area (Å²) in [5.74, 6) is 0.564. The molecule has 92 valence electrons. The molecule has 0 radical (unpaired) electrons. The summed E-state index contributed by atoms with van der Waals surface area (Å²) in [7, 11) is 1.99. The van der Waals surface area contributed by atoms with Gasteiger partial charge in [0.05, 0.1) is 23.0 Å². The average molecular weight is 244 g/mol. The molecular weight excluding hydrogens is 222 g/mol. The number of aryl methyl sites for hydroxylation is 1. The molecule has 2 atom stereocenters. The van der Waals surface area contributed by atoms with Gasteiger partial charge in [0, 0.05) is 6.54 Å². The Morgan fingerprint density at radius 2 is 2.19 bits per heavy atom. The number of rotatable bonds is 6. The summed E-state index contributed by atoms with van der Waals surface area (Å²) in [6, 6.07) is 0.287. The first-order chi connectivity index (χ1) is 7.65. The van der Waals surface area contributed by atoms with Crippen LogP contribution >= 0.6 is 11.6 Å². The zero-order chi connectivity index (χ0) is 12.1. The highest BCUT2D eigenvalue weighted by Gasteiger charge is 2.23. The molecule has 4 heteroatoms. The minimum Gasteiger partial charge on any atom is -0.311 e. The Morgan fingerprint density at radius 3 is 2.69 bits per heavy atom. The van der Waals surface area contributed by atoms with E-state index in [4.69, 9.17) is 11.6 Å². The minimum atomic E-state index is 0.287. The Morgan fingerprint density at radius 1 is 1.50 bits per heavy atom. The monoisotopic (exact) mass is 243 g/mol. The number of halogens is 1. The summed E-state index contributed by atoms with van der Waals surface area (Å²) in [6.07, 6.45) is 4.12. The molecule has 0 spiro atoms. The van der Waals surface area contributed by atoms with Gasteiger partial charge in [0.25, 0.3) is 0 Å². The SMILES string of the molecule is CCCC(C)C(NC)c1c(Cl)cnn1CC. The number of nitrogens with one attached hydrogen (secondary N) is 1. The molecule has 3 nitrogen and oxygen atoms in total. The van der Waals surface area contributed by atoms with Crippen LogP contribution in [0.2, 0.25) is 5.02 Å². The third-order valence-corrected chi connectivity index (χ3v) is 3.34. The summed E-state index contributed by atoms with van der Waals surface area (Å²) < 4.78 is 1.98. The van der Waals surface area contributed by atoms with Crippen molar-refractivity contribution < 1.29 is 0 Å². The molecule has 16 heavy (non-hydrogen) atoms. The first-order valence-electron chi connectivity index (χ1n) is 6.04. The van der Waals surface area contributed by atoms with Crippen molar-refractivity contribution in [2.75, 3.05) is 7.05 Å². The average Bonchev–Trinajstić information content (AvgIpc) is 2.62. The van der Waals surface area contributed by atoms with Crippen molar-refractivity contribution in [3.8, 4) is 0 Å². The zero-order valence-electron chi connectivity index (χ0n) is 10.6. The van der Waals surface area contributed by atoms with Crippen LogP contribution in [0.25, 0.3) is 0 Å². The van der Waals surface area contributed by atoms with Gasteiger partial charge in [0.1, 0.15) is 0 Å². The number of hydrogen-bond donors (Lipinski definition) is 1. The Labute approximate surface area is 103 Å². The van der Waals surface area contributed by atoms with Crippen molar-refractivity contribution in [3.63, 3.8) is 0 Å². The van der Waals surface area contributed by atoms with Crippen molar-refractivity contribution in [2.24, 2.45) is 5.92 Å². The van der Waals surface area contributed by atoms with E-state index in [0.29, 0.717) is 5.92 Å². The van der Waals surface area contributed by atoms with E-state index in [1.54, 1.807) is 6.20 Å². The van der Waals surface area contributed by atoms with Crippen molar-refractivity contribution in [1.29, 1.82) is 0 Å². The van der Waals surface area contributed by atoms with Gasteiger partial charge in [-0.05, 0) is 26.3 Å². The second-order valence-corrected chi connectivity index (χ2v) is 4.63. The highest BCUT2D eigenvalue weighted by molar-refractivity contribution is 6.31. The molecular formula is C12H22ClN3. The molecule has 0 aliphatic carbocycles. The van der Waals surface area contributed by atoms with Gasteiger partial charge in [-0.15, -0.1) is 0 Å². The van der Waals surface area contributed by atoms with E-state index in [1.807, 2.05) is 11.7 Å². The predicted molar refractivity (Wildman–Crippen MR) is 68.8 cm³/mol. The van der Waals surface area contributed by atoms with Crippen molar-refractivity contribution in [2.45, 2.75) is 46.2 Å². The summed E-state index contributed by atoms with van der Waals surface area (Å²) in [4.78, 5) is 0. The fraction of sp³-hybridized carbons (Fsp3) is 0.750. The third kappa shape index (κ3) is 2.77. The lowest BCUT2D eigenvalue weighted by molar-refractivity contribution is 0.361. The van der Waals surface area contributed by atoms with E-state index in [2.05, 4.69) is 31.2 Å². The predicted octanol–water partition coefficient (Wildman–Crippen LogP) is 3.25. The van der Waals surface area contributed by atoms with Gasteiger partial charge in [-0.2, -0.15) is 5.10 Å². The fourth-order valence-corrected chi connectivity index (χ4v) is 2.50. The summed E-state index contributed by atoms with van der Waals surface area (Å²) in [5, 5.41) is 8.42. The van der Waals surface area contributed by atoms with Crippen LogP contribution in [0.1, 0.15) is 45.3 Å². The molecule has 0 aliphatic rings. The molecule has 1 rings (SSSR count). The van der Waals surface area contributed by atoms with Crippen LogP contribution in [0.5, 0.6) is 0 Å². The maximum atomic E-state index is 6.22. The van der Waals surface area contributed by atoms with E-state index in [9.17, 15) is 0 Å². The van der Waals surface area contributed by atoms with Crippen LogP contribution < -0.4 is 5.32 Å². The molecule has 1 aromatic rings. The van der Waals surface area contributed by atoms with Gasteiger partial charge in [0.15, 0.2) is 0 Å². The van der Waals surface area contributed by atoms with Crippen LogP contribution in [-0.2, 0) is 6.54 Å². The standard InChI is InChI=1S/C12H22ClN3/c1-5-7-9(3)11(14-4)12-10(13)8-15-16(12)6-2/h8-9,11,14H,5-7H2,1-4H3. The zero-order valence-corrected chi connectivity index (χ0v) is 11.4. The summed E-state index contributed by atoms with van der Waals surface area (Å²) in [5.41, 5.74) is 1.12. The normalized spacial score (nSPS) is 15.1. The minimum absolute atomic E-state index is 0.287. The lowest BCUT2D eigenvalue weighted by Crippen LogP contribution is -2.26. The highest BCUT2D eigenvalue weighted by atomic mass is 35.5. The lowest BCUT2D eigenvalue weighted by atomic mass is 9.94. The smallest absolute Gasteiger partial charge is 0.0834 e. The first kappa shape index (κ1) is 13.5. The van der Waals surface area contributed by atoms with E-state index in [1.165, 1.54) is 12.8 Å². The van der Waals surface area contributed by atoms with Crippen LogP contribution in [0, 0.1) is 5.92 Å². The Hall–Kier alpha value is -0.540. The molecule has 0 saturated carbocycles. The molecule has 0 bridgehead atoms. The maximum absolute atomic E-state index is 6.22. The van der Waals surface area contributed by atoms with Gasteiger partial charge >= 0.3 is 0 Å². The second-order valence-electron chi connectivity index (χ2n) is 4.23. The van der Waals surface area contributed by atoms with Gasteiger partial charge in [-0.1, -0.05) is 31.9 Å². The Kier molecular flexibility index (Phi) is 5.29. The molecule has 0 aliphatic heterocycles. The van der Waals surface area contributed by atoms with Crippen molar-refractivity contribution in [1.82, 2.24) is 15.1 Å². The molecule has 2 unspecified atom stereocenters. The molecule has 1 heterocycles. The molecule has 1 aromatic heterocycles.